The number of nitrogens with one attached hydrogen (secondary N) is 2. The van der Waals surface area contributed by atoms with Gasteiger partial charge in [-0.2, -0.15) is 13.2 Å². The first-order valence-corrected chi connectivity index (χ1v) is 6.68. The van der Waals surface area contributed by atoms with Crippen LogP contribution in [-0.4, -0.2) is 31.8 Å². The van der Waals surface area contributed by atoms with Crippen molar-refractivity contribution in [3.05, 3.63) is 29.8 Å². The summed E-state index contributed by atoms with van der Waals surface area (Å²) >= 11 is 0. The predicted octanol–water partition coefficient (Wildman–Crippen LogP) is 2.93. The van der Waals surface area contributed by atoms with Crippen LogP contribution in [0, 0.1) is 12.3 Å². The molecule has 0 saturated carbocycles. The van der Waals surface area contributed by atoms with Crippen LogP contribution in [-0.2, 0) is 6.54 Å². The molecule has 0 bridgehead atoms. The molecule has 0 aliphatic heterocycles. The summed E-state index contributed by atoms with van der Waals surface area (Å²) < 4.78 is 41.1. The molecule has 0 aliphatic carbocycles. The average molecular weight is 441 g/mol. The Hall–Kier alpha value is -1.63. The third-order valence-corrected chi connectivity index (χ3v) is 2.42. The van der Waals surface area contributed by atoms with Crippen molar-refractivity contribution in [3.63, 3.8) is 0 Å². The number of benzene rings is 1. The number of hydrogen-bond acceptors (Lipinski definition) is 2. The topological polar surface area (TPSA) is 45.7 Å². The lowest BCUT2D eigenvalue weighted by Gasteiger charge is -2.11. The van der Waals surface area contributed by atoms with Crippen molar-refractivity contribution in [1.82, 2.24) is 10.6 Å². The molecule has 4 nitrogen and oxygen atoms in total. The van der Waals surface area contributed by atoms with E-state index in [2.05, 4.69) is 21.5 Å². The highest BCUT2D eigenvalue weighted by Crippen LogP contribution is 2.19. The maximum absolute atomic E-state index is 12.1. The van der Waals surface area contributed by atoms with E-state index in [0.717, 1.165) is 5.56 Å². The molecule has 2 N–H and O–H groups in total. The fourth-order valence-corrected chi connectivity index (χ4v) is 1.55. The first-order chi connectivity index (χ1) is 10.4. The van der Waals surface area contributed by atoms with Gasteiger partial charge in [0.2, 0.25) is 0 Å². The van der Waals surface area contributed by atoms with Crippen LogP contribution in [0.2, 0.25) is 0 Å². The molecular formula is C15H19F3IN3O. The second kappa shape index (κ2) is 11.0. The van der Waals surface area contributed by atoms with Crippen molar-refractivity contribution in [1.29, 1.82) is 0 Å². The maximum Gasteiger partial charge on any atom is 0.422 e. The minimum Gasteiger partial charge on any atom is -0.484 e. The van der Waals surface area contributed by atoms with Crippen LogP contribution < -0.4 is 15.4 Å². The van der Waals surface area contributed by atoms with E-state index in [-0.39, 0.29) is 29.7 Å². The largest absolute Gasteiger partial charge is 0.484 e. The van der Waals surface area contributed by atoms with Crippen molar-refractivity contribution in [2.24, 2.45) is 4.99 Å². The van der Waals surface area contributed by atoms with Crippen molar-refractivity contribution >= 4 is 29.9 Å². The van der Waals surface area contributed by atoms with E-state index >= 15 is 0 Å². The van der Waals surface area contributed by atoms with Crippen molar-refractivity contribution < 1.29 is 17.9 Å². The Balaban J connectivity index is 0.00000484. The fraction of sp³-hybridized carbons (Fsp3) is 0.400. The quantitative estimate of drug-likeness (QED) is 0.309. The summed E-state index contributed by atoms with van der Waals surface area (Å²) in [6.07, 6.45) is 0.809. The molecule has 1 aromatic carbocycles. The molecule has 0 fully saturated rings. The highest BCUT2D eigenvalue weighted by Gasteiger charge is 2.28. The van der Waals surface area contributed by atoms with Gasteiger partial charge in [-0.05, 0) is 24.6 Å². The Bertz CT molecular complexity index is 542. The Morgan fingerprint density at radius 3 is 2.70 bits per heavy atom. The Morgan fingerprint density at radius 1 is 1.35 bits per heavy atom. The van der Waals surface area contributed by atoms with E-state index in [1.165, 1.54) is 12.1 Å². The summed E-state index contributed by atoms with van der Waals surface area (Å²) in [4.78, 5) is 4.29. The summed E-state index contributed by atoms with van der Waals surface area (Å²) in [5.74, 6) is 3.14. The Kier molecular flexibility index (Phi) is 10.2. The van der Waals surface area contributed by atoms with E-state index in [0.29, 0.717) is 25.6 Å². The number of guanidine groups is 1. The number of nitrogens with zero attached hydrogens (tertiary/aromatic N) is 1. The maximum atomic E-state index is 12.1. The molecule has 0 spiro atoms. The first kappa shape index (κ1) is 21.4. The minimum atomic E-state index is -4.36. The monoisotopic (exact) mass is 441 g/mol. The molecule has 0 aromatic heterocycles. The van der Waals surface area contributed by atoms with E-state index in [9.17, 15) is 13.2 Å². The lowest BCUT2D eigenvalue weighted by Crippen LogP contribution is -2.37. The number of ether oxygens (including phenoxy) is 1. The van der Waals surface area contributed by atoms with Gasteiger partial charge in [0.25, 0.3) is 0 Å². The molecule has 0 radical (unpaired) electrons. The second-order valence-corrected chi connectivity index (χ2v) is 4.30. The lowest BCUT2D eigenvalue weighted by atomic mass is 10.2. The molecule has 23 heavy (non-hydrogen) atoms. The number of terminal acetylenes is 1. The second-order valence-electron chi connectivity index (χ2n) is 4.30. The predicted molar refractivity (Wildman–Crippen MR) is 95.1 cm³/mol. The van der Waals surface area contributed by atoms with Crippen LogP contribution in [0.4, 0.5) is 13.2 Å². The van der Waals surface area contributed by atoms with Crippen LogP contribution >= 0.6 is 24.0 Å². The summed E-state index contributed by atoms with van der Waals surface area (Å²) in [6, 6.07) is 6.38. The zero-order valence-corrected chi connectivity index (χ0v) is 14.9. The van der Waals surface area contributed by atoms with Crippen LogP contribution in [0.3, 0.4) is 0 Å². The average Bonchev–Trinajstić information content (AvgIpc) is 2.48. The molecule has 0 unspecified atom stereocenters. The molecular weight excluding hydrogens is 422 g/mol. The molecule has 0 aliphatic rings. The number of hydrogen-bond donors (Lipinski definition) is 2. The van der Waals surface area contributed by atoms with Gasteiger partial charge in [-0.3, -0.25) is 0 Å². The van der Waals surface area contributed by atoms with Crippen LogP contribution in [0.5, 0.6) is 5.75 Å². The van der Waals surface area contributed by atoms with E-state index in [1.807, 2.05) is 6.92 Å². The van der Waals surface area contributed by atoms with Gasteiger partial charge in [0, 0.05) is 6.54 Å². The summed E-state index contributed by atoms with van der Waals surface area (Å²) in [5.41, 5.74) is 0.734. The molecule has 0 atom stereocenters. The van der Waals surface area contributed by atoms with E-state index in [4.69, 9.17) is 11.2 Å². The lowest BCUT2D eigenvalue weighted by molar-refractivity contribution is -0.153. The van der Waals surface area contributed by atoms with Gasteiger partial charge in [0.15, 0.2) is 12.6 Å². The van der Waals surface area contributed by atoms with Crippen molar-refractivity contribution in [2.75, 3.05) is 19.7 Å². The van der Waals surface area contributed by atoms with Crippen LogP contribution in [0.15, 0.2) is 29.3 Å². The smallest absolute Gasteiger partial charge is 0.422 e. The number of aliphatic imine (C=N–C) groups is 1. The normalized spacial score (nSPS) is 11.2. The van der Waals surface area contributed by atoms with Crippen LogP contribution in [0.25, 0.3) is 0 Å². The van der Waals surface area contributed by atoms with Gasteiger partial charge < -0.3 is 15.4 Å². The van der Waals surface area contributed by atoms with Gasteiger partial charge in [-0.1, -0.05) is 18.1 Å². The third kappa shape index (κ3) is 9.89. The highest BCUT2D eigenvalue weighted by molar-refractivity contribution is 14.0. The highest BCUT2D eigenvalue weighted by atomic mass is 127. The molecule has 0 amide bonds. The molecule has 1 aromatic rings. The van der Waals surface area contributed by atoms with Gasteiger partial charge in [0.05, 0.1) is 13.1 Å². The molecule has 1 rings (SSSR count). The van der Waals surface area contributed by atoms with E-state index in [1.54, 1.807) is 12.1 Å². The van der Waals surface area contributed by atoms with Gasteiger partial charge in [0.1, 0.15) is 5.75 Å². The zero-order chi connectivity index (χ0) is 16.4. The van der Waals surface area contributed by atoms with Gasteiger partial charge >= 0.3 is 6.18 Å². The Labute approximate surface area is 150 Å². The minimum absolute atomic E-state index is 0. The number of halogens is 4. The van der Waals surface area contributed by atoms with Gasteiger partial charge in [-0.25, -0.2) is 4.99 Å². The Morgan fingerprint density at radius 2 is 2.09 bits per heavy atom. The molecule has 0 heterocycles. The SMILES string of the molecule is C#CCNC(=NCc1cccc(OCC(F)(F)F)c1)NCC.I. The summed E-state index contributed by atoms with van der Waals surface area (Å²) in [5, 5.41) is 5.93. The molecule has 128 valence electrons. The summed E-state index contributed by atoms with van der Waals surface area (Å²) in [7, 11) is 0. The third-order valence-electron chi connectivity index (χ3n) is 2.42. The molecule has 8 heteroatoms. The van der Waals surface area contributed by atoms with Crippen LogP contribution in [0.1, 0.15) is 12.5 Å². The van der Waals surface area contributed by atoms with Gasteiger partial charge in [-0.15, -0.1) is 30.4 Å². The first-order valence-electron chi connectivity index (χ1n) is 6.68. The fourth-order valence-electron chi connectivity index (χ4n) is 1.55. The molecule has 0 saturated heterocycles. The number of alkyl halides is 3. The zero-order valence-electron chi connectivity index (χ0n) is 12.6. The standard InChI is InChI=1S/C15H18F3N3O.HI/c1-3-8-20-14(19-4-2)21-10-12-6-5-7-13(9-12)22-11-15(16,17)18;/h1,5-7,9H,4,8,10-11H2,2H3,(H2,19,20,21);1H. The number of rotatable bonds is 6. The van der Waals surface area contributed by atoms with Crippen molar-refractivity contribution in [2.45, 2.75) is 19.6 Å². The summed E-state index contributed by atoms with van der Waals surface area (Å²) in [6.45, 7) is 1.90. The van der Waals surface area contributed by atoms with Crippen molar-refractivity contribution in [3.8, 4) is 18.1 Å². The van der Waals surface area contributed by atoms with E-state index < -0.39 is 12.8 Å².